The second-order valence-electron chi connectivity index (χ2n) is 5.45. The molecule has 1 aromatic carbocycles. The SMILES string of the molecule is COc1ccccc1N1CCN(c2nc(C)cc(C#N)n2)CC1. The summed E-state index contributed by atoms with van der Waals surface area (Å²) >= 11 is 0. The van der Waals surface area contributed by atoms with Crippen molar-refractivity contribution < 1.29 is 4.74 Å². The van der Waals surface area contributed by atoms with E-state index in [-0.39, 0.29) is 0 Å². The molecule has 6 heteroatoms. The Morgan fingerprint density at radius 3 is 2.48 bits per heavy atom. The van der Waals surface area contributed by atoms with Crippen LogP contribution in [0.4, 0.5) is 11.6 Å². The third-order valence-electron chi connectivity index (χ3n) is 3.95. The number of methoxy groups -OCH3 is 1. The predicted molar refractivity (Wildman–Crippen MR) is 88.9 cm³/mol. The highest BCUT2D eigenvalue weighted by Crippen LogP contribution is 2.28. The van der Waals surface area contributed by atoms with Gasteiger partial charge in [0.05, 0.1) is 12.8 Å². The molecule has 0 radical (unpaired) electrons. The van der Waals surface area contributed by atoms with Gasteiger partial charge in [-0.3, -0.25) is 0 Å². The van der Waals surface area contributed by atoms with Crippen LogP contribution in [0.3, 0.4) is 0 Å². The minimum atomic E-state index is 0.416. The maximum Gasteiger partial charge on any atom is 0.226 e. The molecule has 1 aliphatic heterocycles. The molecule has 23 heavy (non-hydrogen) atoms. The molecule has 1 aliphatic rings. The van der Waals surface area contributed by atoms with Gasteiger partial charge in [-0.25, -0.2) is 9.97 Å². The minimum absolute atomic E-state index is 0.416. The van der Waals surface area contributed by atoms with Gasteiger partial charge in [0.1, 0.15) is 17.5 Å². The fraction of sp³-hybridized carbons (Fsp3) is 0.353. The van der Waals surface area contributed by atoms with E-state index in [9.17, 15) is 0 Å². The Bertz CT molecular complexity index is 732. The molecule has 2 heterocycles. The molecule has 0 saturated carbocycles. The molecule has 1 saturated heterocycles. The summed E-state index contributed by atoms with van der Waals surface area (Å²) in [5, 5.41) is 9.05. The summed E-state index contributed by atoms with van der Waals surface area (Å²) in [7, 11) is 1.69. The molecule has 6 nitrogen and oxygen atoms in total. The lowest BCUT2D eigenvalue weighted by atomic mass is 10.2. The number of aromatic nitrogens is 2. The van der Waals surface area contributed by atoms with E-state index >= 15 is 0 Å². The number of hydrogen-bond acceptors (Lipinski definition) is 6. The van der Waals surface area contributed by atoms with E-state index in [1.807, 2.05) is 25.1 Å². The first-order valence-corrected chi connectivity index (χ1v) is 7.60. The monoisotopic (exact) mass is 309 g/mol. The highest BCUT2D eigenvalue weighted by molar-refractivity contribution is 5.59. The molecular formula is C17H19N5O. The Kier molecular flexibility index (Phi) is 4.29. The van der Waals surface area contributed by atoms with Gasteiger partial charge < -0.3 is 14.5 Å². The topological polar surface area (TPSA) is 65.3 Å². The van der Waals surface area contributed by atoms with Crippen molar-refractivity contribution in [3.05, 3.63) is 41.7 Å². The summed E-state index contributed by atoms with van der Waals surface area (Å²) in [6, 6.07) is 11.8. The second kappa shape index (κ2) is 6.53. The first-order chi connectivity index (χ1) is 11.2. The van der Waals surface area contributed by atoms with Crippen LogP contribution in [0.2, 0.25) is 0 Å². The first-order valence-electron chi connectivity index (χ1n) is 7.60. The van der Waals surface area contributed by atoms with Crippen LogP contribution < -0.4 is 14.5 Å². The van der Waals surface area contributed by atoms with Crippen LogP contribution in [0.5, 0.6) is 5.75 Å². The van der Waals surface area contributed by atoms with E-state index in [0.717, 1.165) is 43.3 Å². The van der Waals surface area contributed by atoms with Crippen molar-refractivity contribution in [1.29, 1.82) is 5.26 Å². The number of ether oxygens (including phenoxy) is 1. The summed E-state index contributed by atoms with van der Waals surface area (Å²) in [5.74, 6) is 1.53. The molecule has 0 spiro atoms. The van der Waals surface area contributed by atoms with Gasteiger partial charge in [-0.1, -0.05) is 12.1 Å². The molecule has 0 aliphatic carbocycles. The van der Waals surface area contributed by atoms with Gasteiger partial charge in [0.15, 0.2) is 0 Å². The third kappa shape index (κ3) is 3.19. The van der Waals surface area contributed by atoms with E-state index in [2.05, 4.69) is 31.9 Å². The summed E-state index contributed by atoms with van der Waals surface area (Å²) in [6.07, 6.45) is 0. The van der Waals surface area contributed by atoms with Crippen LogP contribution in [-0.4, -0.2) is 43.3 Å². The number of piperazine rings is 1. The van der Waals surface area contributed by atoms with Crippen LogP contribution in [0.15, 0.2) is 30.3 Å². The lowest BCUT2D eigenvalue weighted by molar-refractivity contribution is 0.413. The van der Waals surface area contributed by atoms with Crippen LogP contribution in [-0.2, 0) is 0 Å². The minimum Gasteiger partial charge on any atom is -0.495 e. The van der Waals surface area contributed by atoms with Gasteiger partial charge >= 0.3 is 0 Å². The Morgan fingerprint density at radius 1 is 1.09 bits per heavy atom. The molecule has 0 unspecified atom stereocenters. The number of benzene rings is 1. The van der Waals surface area contributed by atoms with Gasteiger partial charge in [0.25, 0.3) is 0 Å². The molecule has 0 N–H and O–H groups in total. The Labute approximate surface area is 136 Å². The molecule has 0 amide bonds. The molecule has 1 aromatic heterocycles. The highest BCUT2D eigenvalue weighted by Gasteiger charge is 2.21. The number of para-hydroxylation sites is 2. The maximum atomic E-state index is 9.05. The number of hydrogen-bond donors (Lipinski definition) is 0. The van der Waals surface area contributed by atoms with Gasteiger partial charge in [-0.2, -0.15) is 5.26 Å². The zero-order valence-electron chi connectivity index (χ0n) is 13.4. The summed E-state index contributed by atoms with van der Waals surface area (Å²) < 4.78 is 5.44. The van der Waals surface area contributed by atoms with Crippen molar-refractivity contribution in [2.45, 2.75) is 6.92 Å². The van der Waals surface area contributed by atoms with Crippen molar-refractivity contribution in [3.63, 3.8) is 0 Å². The lowest BCUT2D eigenvalue weighted by Crippen LogP contribution is -2.47. The molecule has 0 bridgehead atoms. The number of aryl methyl sites for hydroxylation is 1. The Balaban J connectivity index is 1.74. The number of anilines is 2. The van der Waals surface area contributed by atoms with Crippen LogP contribution in [0.25, 0.3) is 0 Å². The van der Waals surface area contributed by atoms with Gasteiger partial charge in [-0.05, 0) is 25.1 Å². The lowest BCUT2D eigenvalue weighted by Gasteiger charge is -2.36. The summed E-state index contributed by atoms with van der Waals surface area (Å²) in [5.41, 5.74) is 2.34. The van der Waals surface area contributed by atoms with E-state index < -0.39 is 0 Å². The van der Waals surface area contributed by atoms with E-state index in [4.69, 9.17) is 10.00 Å². The standard InChI is InChI=1S/C17H19N5O/c1-13-11-14(12-18)20-17(19-13)22-9-7-21(8-10-22)15-5-3-4-6-16(15)23-2/h3-6,11H,7-10H2,1-2H3. The molecule has 2 aromatic rings. The fourth-order valence-corrected chi connectivity index (χ4v) is 2.79. The molecular weight excluding hydrogens is 290 g/mol. The molecule has 1 fully saturated rings. The van der Waals surface area contributed by atoms with Crippen molar-refractivity contribution in [2.75, 3.05) is 43.1 Å². The Hall–Kier alpha value is -2.81. The van der Waals surface area contributed by atoms with E-state index in [1.165, 1.54) is 0 Å². The average Bonchev–Trinajstić information content (AvgIpc) is 2.61. The zero-order valence-corrected chi connectivity index (χ0v) is 13.4. The predicted octanol–water partition coefficient (Wildman–Crippen LogP) is 1.99. The van der Waals surface area contributed by atoms with Crippen LogP contribution in [0, 0.1) is 18.3 Å². The largest absolute Gasteiger partial charge is 0.495 e. The van der Waals surface area contributed by atoms with E-state index in [0.29, 0.717) is 11.6 Å². The summed E-state index contributed by atoms with van der Waals surface area (Å²) in [4.78, 5) is 13.2. The zero-order chi connectivity index (χ0) is 16.2. The maximum absolute atomic E-state index is 9.05. The molecule has 0 atom stereocenters. The van der Waals surface area contributed by atoms with Gasteiger partial charge in [-0.15, -0.1) is 0 Å². The third-order valence-corrected chi connectivity index (χ3v) is 3.95. The molecule has 3 rings (SSSR count). The smallest absolute Gasteiger partial charge is 0.226 e. The molecule has 118 valence electrons. The van der Waals surface area contributed by atoms with Gasteiger partial charge in [0.2, 0.25) is 5.95 Å². The van der Waals surface area contributed by atoms with Crippen molar-refractivity contribution in [1.82, 2.24) is 9.97 Å². The highest BCUT2D eigenvalue weighted by atomic mass is 16.5. The van der Waals surface area contributed by atoms with Crippen molar-refractivity contribution >= 4 is 11.6 Å². The van der Waals surface area contributed by atoms with Crippen molar-refractivity contribution in [3.8, 4) is 11.8 Å². The van der Waals surface area contributed by atoms with Gasteiger partial charge in [0, 0.05) is 31.9 Å². The fourth-order valence-electron chi connectivity index (χ4n) is 2.79. The van der Waals surface area contributed by atoms with Crippen LogP contribution in [0.1, 0.15) is 11.4 Å². The van der Waals surface area contributed by atoms with Crippen molar-refractivity contribution in [2.24, 2.45) is 0 Å². The normalized spacial score (nSPS) is 14.5. The number of nitriles is 1. The number of nitrogens with zero attached hydrogens (tertiary/aromatic N) is 5. The quantitative estimate of drug-likeness (QED) is 0.864. The van der Waals surface area contributed by atoms with Crippen LogP contribution >= 0.6 is 0 Å². The second-order valence-corrected chi connectivity index (χ2v) is 5.45. The average molecular weight is 309 g/mol. The Morgan fingerprint density at radius 2 is 1.78 bits per heavy atom. The first kappa shape index (κ1) is 15.1. The summed E-state index contributed by atoms with van der Waals surface area (Å²) in [6.45, 7) is 5.23. The van der Waals surface area contributed by atoms with E-state index in [1.54, 1.807) is 13.2 Å². The number of rotatable bonds is 3.